The van der Waals surface area contributed by atoms with E-state index in [2.05, 4.69) is 44.6 Å². The number of hydrogen-bond donors (Lipinski definition) is 1. The molecule has 1 aliphatic rings. The lowest BCUT2D eigenvalue weighted by Crippen LogP contribution is -2.29. The van der Waals surface area contributed by atoms with Gasteiger partial charge < -0.3 is 0 Å². The Labute approximate surface area is 185 Å². The number of nitrogens with zero attached hydrogens (tertiary/aromatic N) is 4. The number of anilines is 1. The molecule has 0 fully saturated rings. The Balaban J connectivity index is 1.21. The van der Waals surface area contributed by atoms with Crippen LogP contribution in [-0.4, -0.2) is 32.1 Å². The molecule has 31 heavy (non-hydrogen) atoms. The molecular formula is C24H23N5OS. The average molecular weight is 430 g/mol. The molecule has 1 aliphatic heterocycles. The Kier molecular flexibility index (Phi) is 5.60. The molecule has 0 saturated carbocycles. The summed E-state index contributed by atoms with van der Waals surface area (Å²) < 4.78 is 1.86. The maximum atomic E-state index is 12.7. The van der Waals surface area contributed by atoms with Gasteiger partial charge in [0.1, 0.15) is 0 Å². The molecule has 0 saturated heterocycles. The van der Waals surface area contributed by atoms with Gasteiger partial charge in [0.05, 0.1) is 12.2 Å². The van der Waals surface area contributed by atoms with Gasteiger partial charge in [-0.05, 0) is 29.3 Å². The summed E-state index contributed by atoms with van der Waals surface area (Å²) in [5.74, 6) is -0.127. The Morgan fingerprint density at radius 3 is 2.58 bits per heavy atom. The van der Waals surface area contributed by atoms with Crippen molar-refractivity contribution in [1.82, 2.24) is 19.7 Å². The van der Waals surface area contributed by atoms with Crippen LogP contribution in [0.15, 0.2) is 73.1 Å². The third-order valence-electron chi connectivity index (χ3n) is 5.40. The van der Waals surface area contributed by atoms with Crippen LogP contribution in [0.1, 0.15) is 32.1 Å². The third kappa shape index (κ3) is 4.73. The fourth-order valence-corrected chi connectivity index (χ4v) is 4.84. The van der Waals surface area contributed by atoms with Crippen LogP contribution in [0.4, 0.5) is 5.13 Å². The van der Waals surface area contributed by atoms with E-state index in [9.17, 15) is 4.79 Å². The molecule has 2 aromatic heterocycles. The lowest BCUT2D eigenvalue weighted by Gasteiger charge is -2.25. The van der Waals surface area contributed by atoms with E-state index < -0.39 is 0 Å². The highest BCUT2D eigenvalue weighted by Gasteiger charge is 2.21. The average Bonchev–Trinajstić information content (AvgIpc) is 3.44. The highest BCUT2D eigenvalue weighted by molar-refractivity contribution is 7.15. The van der Waals surface area contributed by atoms with Crippen LogP contribution in [0.25, 0.3) is 0 Å². The second-order valence-electron chi connectivity index (χ2n) is 7.69. The minimum absolute atomic E-state index is 0.127. The third-order valence-corrected chi connectivity index (χ3v) is 6.40. The van der Waals surface area contributed by atoms with Crippen LogP contribution in [0, 0.1) is 0 Å². The number of hydrogen-bond acceptors (Lipinski definition) is 5. The van der Waals surface area contributed by atoms with Gasteiger partial charge in [0, 0.05) is 48.9 Å². The number of thiazole rings is 1. The Bertz CT molecular complexity index is 1150. The highest BCUT2D eigenvalue weighted by atomic mass is 32.1. The Morgan fingerprint density at radius 1 is 1.00 bits per heavy atom. The van der Waals surface area contributed by atoms with E-state index in [0.29, 0.717) is 17.2 Å². The molecule has 1 amide bonds. The van der Waals surface area contributed by atoms with Crippen LogP contribution >= 0.6 is 11.3 Å². The lowest BCUT2D eigenvalue weighted by molar-refractivity contribution is 0.102. The second kappa shape index (κ2) is 8.83. The van der Waals surface area contributed by atoms with Gasteiger partial charge >= 0.3 is 0 Å². The zero-order chi connectivity index (χ0) is 21.0. The number of fused-ring (bicyclic) bond motifs is 1. The number of benzene rings is 2. The van der Waals surface area contributed by atoms with Crippen molar-refractivity contribution in [3.8, 4) is 0 Å². The zero-order valence-electron chi connectivity index (χ0n) is 17.1. The first-order valence-corrected chi connectivity index (χ1v) is 11.2. The summed E-state index contributed by atoms with van der Waals surface area (Å²) in [6.45, 7) is 3.48. The monoisotopic (exact) mass is 429 g/mol. The van der Waals surface area contributed by atoms with Gasteiger partial charge in [0.2, 0.25) is 0 Å². The Morgan fingerprint density at radius 2 is 1.81 bits per heavy atom. The van der Waals surface area contributed by atoms with Crippen molar-refractivity contribution >= 4 is 22.4 Å². The number of amides is 1. The van der Waals surface area contributed by atoms with Gasteiger partial charge in [0.25, 0.3) is 5.91 Å². The lowest BCUT2D eigenvalue weighted by atomic mass is 10.1. The van der Waals surface area contributed by atoms with E-state index in [4.69, 9.17) is 0 Å². The van der Waals surface area contributed by atoms with E-state index in [1.807, 2.05) is 47.3 Å². The van der Waals surface area contributed by atoms with Crippen molar-refractivity contribution in [2.75, 3.05) is 11.9 Å². The molecule has 3 heterocycles. The number of carbonyl (C=O) groups excluding carboxylic acids is 1. The maximum Gasteiger partial charge on any atom is 0.257 e. The van der Waals surface area contributed by atoms with Gasteiger partial charge in [-0.3, -0.25) is 19.7 Å². The fraction of sp³-hybridized carbons (Fsp3) is 0.208. The van der Waals surface area contributed by atoms with Gasteiger partial charge in [0.15, 0.2) is 5.13 Å². The molecule has 0 atom stereocenters. The van der Waals surface area contributed by atoms with Crippen molar-refractivity contribution in [3.05, 3.63) is 100 Å². The SMILES string of the molecule is O=C(Nc1nc2c(s1)CN(Cc1ccccc1)CC2)c1ccc(Cn2cccn2)cc1. The maximum absolute atomic E-state index is 12.7. The van der Waals surface area contributed by atoms with Crippen LogP contribution in [0.5, 0.6) is 0 Å². The van der Waals surface area contributed by atoms with Crippen LogP contribution in [0.3, 0.4) is 0 Å². The molecule has 1 N–H and O–H groups in total. The minimum Gasteiger partial charge on any atom is -0.298 e. The number of aromatic nitrogens is 3. The van der Waals surface area contributed by atoms with Crippen LogP contribution in [0.2, 0.25) is 0 Å². The summed E-state index contributed by atoms with van der Waals surface area (Å²) in [4.78, 5) is 21.0. The summed E-state index contributed by atoms with van der Waals surface area (Å²) in [7, 11) is 0. The van der Waals surface area contributed by atoms with Gasteiger partial charge in [-0.1, -0.05) is 42.5 Å². The quantitative estimate of drug-likeness (QED) is 0.499. The Hall–Kier alpha value is -3.29. The highest BCUT2D eigenvalue weighted by Crippen LogP contribution is 2.29. The molecule has 0 radical (unpaired) electrons. The van der Waals surface area contributed by atoms with E-state index in [-0.39, 0.29) is 5.91 Å². The normalized spacial score (nSPS) is 13.7. The molecule has 7 heteroatoms. The molecular weight excluding hydrogens is 406 g/mol. The predicted molar refractivity (Wildman–Crippen MR) is 122 cm³/mol. The van der Waals surface area contributed by atoms with Crippen molar-refractivity contribution < 1.29 is 4.79 Å². The zero-order valence-corrected chi connectivity index (χ0v) is 17.9. The van der Waals surface area contributed by atoms with Gasteiger partial charge in [-0.2, -0.15) is 5.10 Å². The molecule has 156 valence electrons. The van der Waals surface area contributed by atoms with E-state index >= 15 is 0 Å². The van der Waals surface area contributed by atoms with E-state index in [1.54, 1.807) is 17.5 Å². The molecule has 0 bridgehead atoms. The van der Waals surface area contributed by atoms with Crippen molar-refractivity contribution in [2.24, 2.45) is 0 Å². The first kappa shape index (κ1) is 19.7. The standard InChI is InChI=1S/C24H23N5OS/c30-23(20-9-7-19(8-10-20)16-29-13-4-12-25-29)27-24-26-21-11-14-28(17-22(21)31-24)15-18-5-2-1-3-6-18/h1-10,12-13H,11,14-17H2,(H,26,27,30). The van der Waals surface area contributed by atoms with E-state index in [1.165, 1.54) is 10.4 Å². The molecule has 5 rings (SSSR count). The molecule has 0 spiro atoms. The van der Waals surface area contributed by atoms with Crippen molar-refractivity contribution in [2.45, 2.75) is 26.1 Å². The van der Waals surface area contributed by atoms with E-state index in [0.717, 1.165) is 37.3 Å². The smallest absolute Gasteiger partial charge is 0.257 e. The van der Waals surface area contributed by atoms with Crippen LogP contribution < -0.4 is 5.32 Å². The minimum atomic E-state index is -0.127. The summed E-state index contributed by atoms with van der Waals surface area (Å²) in [5.41, 5.74) is 4.16. The summed E-state index contributed by atoms with van der Waals surface area (Å²) >= 11 is 1.58. The topological polar surface area (TPSA) is 63.1 Å². The summed E-state index contributed by atoms with van der Waals surface area (Å²) in [6, 6.07) is 20.0. The predicted octanol–water partition coefficient (Wildman–Crippen LogP) is 4.20. The second-order valence-corrected chi connectivity index (χ2v) is 8.77. The largest absolute Gasteiger partial charge is 0.298 e. The fourth-order valence-electron chi connectivity index (χ4n) is 3.79. The summed E-state index contributed by atoms with van der Waals surface area (Å²) in [6.07, 6.45) is 4.60. The number of nitrogens with one attached hydrogen (secondary N) is 1. The van der Waals surface area contributed by atoms with Crippen molar-refractivity contribution in [3.63, 3.8) is 0 Å². The molecule has 4 aromatic rings. The molecule has 6 nitrogen and oxygen atoms in total. The summed E-state index contributed by atoms with van der Waals surface area (Å²) in [5, 5.41) is 7.87. The van der Waals surface area contributed by atoms with Crippen molar-refractivity contribution in [1.29, 1.82) is 0 Å². The van der Waals surface area contributed by atoms with Gasteiger partial charge in [-0.25, -0.2) is 4.98 Å². The number of rotatable bonds is 6. The van der Waals surface area contributed by atoms with Crippen LogP contribution in [-0.2, 0) is 26.1 Å². The first-order valence-electron chi connectivity index (χ1n) is 10.4. The molecule has 0 unspecified atom stereocenters. The molecule has 0 aliphatic carbocycles. The van der Waals surface area contributed by atoms with Gasteiger partial charge in [-0.15, -0.1) is 11.3 Å². The molecule has 2 aromatic carbocycles. The number of carbonyl (C=O) groups is 1. The first-order chi connectivity index (χ1) is 15.2.